The highest BCUT2D eigenvalue weighted by atomic mass is 35.5. The molecular weight excluding hydrogens is 262 g/mol. The molecule has 0 radical (unpaired) electrons. The second-order valence-electron chi connectivity index (χ2n) is 4.56. The molecule has 0 aliphatic heterocycles. The van der Waals surface area contributed by atoms with E-state index in [4.69, 9.17) is 0 Å². The van der Waals surface area contributed by atoms with E-state index in [1.54, 1.807) is 0 Å². The van der Waals surface area contributed by atoms with Crippen LogP contribution in [0.3, 0.4) is 0 Å². The molecule has 0 aliphatic carbocycles. The Bertz CT molecular complexity index is 503. The molecule has 0 unspecified atom stereocenters. The third-order valence-electron chi connectivity index (χ3n) is 2.98. The number of halogens is 1. The smallest absolute Gasteiger partial charge is 0.0638 e. The maximum absolute atomic E-state index is 4.33. The van der Waals surface area contributed by atoms with Crippen LogP contribution in [0.1, 0.15) is 30.3 Å². The molecule has 0 atom stereocenters. The maximum Gasteiger partial charge on any atom is 0.0638 e. The number of hydrogen-bond acceptors (Lipinski definition) is 3. The second kappa shape index (κ2) is 7.31. The van der Waals surface area contributed by atoms with Gasteiger partial charge >= 0.3 is 0 Å². The van der Waals surface area contributed by atoms with Gasteiger partial charge in [-0.1, -0.05) is 6.92 Å². The number of nitrogens with zero attached hydrogens (tertiary/aromatic N) is 4. The standard InChI is InChI=1S/C13H21N5.ClH/c1-4-7-18-13(5-6-15-18)9-14-8-12-10-17(3)16-11(12)2;/h5-6,10,14H,4,7-9H2,1-3H3;1H. The zero-order valence-electron chi connectivity index (χ0n) is 11.8. The lowest BCUT2D eigenvalue weighted by Crippen LogP contribution is -2.16. The van der Waals surface area contributed by atoms with Gasteiger partial charge in [-0.3, -0.25) is 9.36 Å². The van der Waals surface area contributed by atoms with Gasteiger partial charge in [0.05, 0.1) is 11.4 Å². The van der Waals surface area contributed by atoms with Crippen molar-refractivity contribution in [3.8, 4) is 0 Å². The highest BCUT2D eigenvalue weighted by Crippen LogP contribution is 2.05. The largest absolute Gasteiger partial charge is 0.307 e. The van der Waals surface area contributed by atoms with E-state index in [0.29, 0.717) is 0 Å². The minimum absolute atomic E-state index is 0. The van der Waals surface area contributed by atoms with Crippen LogP contribution in [-0.4, -0.2) is 19.6 Å². The molecule has 0 aromatic carbocycles. The molecule has 0 amide bonds. The van der Waals surface area contributed by atoms with Crippen LogP contribution in [-0.2, 0) is 26.7 Å². The lowest BCUT2D eigenvalue weighted by atomic mass is 10.2. The Morgan fingerprint density at radius 2 is 2.11 bits per heavy atom. The summed E-state index contributed by atoms with van der Waals surface area (Å²) in [5.74, 6) is 0. The Kier molecular flexibility index (Phi) is 6.05. The maximum atomic E-state index is 4.33. The third kappa shape index (κ3) is 4.08. The molecule has 106 valence electrons. The first-order chi connectivity index (χ1) is 8.70. The van der Waals surface area contributed by atoms with E-state index < -0.39 is 0 Å². The highest BCUT2D eigenvalue weighted by molar-refractivity contribution is 5.85. The third-order valence-corrected chi connectivity index (χ3v) is 2.98. The van der Waals surface area contributed by atoms with Crippen LogP contribution in [0.25, 0.3) is 0 Å². The van der Waals surface area contributed by atoms with E-state index in [1.807, 2.05) is 24.9 Å². The zero-order valence-corrected chi connectivity index (χ0v) is 12.6. The van der Waals surface area contributed by atoms with E-state index in [2.05, 4.69) is 39.4 Å². The van der Waals surface area contributed by atoms with Crippen LogP contribution in [0.15, 0.2) is 18.5 Å². The average molecular weight is 284 g/mol. The van der Waals surface area contributed by atoms with Crippen LogP contribution in [0, 0.1) is 6.92 Å². The molecule has 5 nitrogen and oxygen atoms in total. The first-order valence-electron chi connectivity index (χ1n) is 6.41. The molecule has 0 bridgehead atoms. The summed E-state index contributed by atoms with van der Waals surface area (Å²) in [5.41, 5.74) is 3.57. The van der Waals surface area contributed by atoms with Crippen molar-refractivity contribution in [1.29, 1.82) is 0 Å². The number of rotatable bonds is 6. The summed E-state index contributed by atoms with van der Waals surface area (Å²) in [6, 6.07) is 2.07. The molecule has 1 N–H and O–H groups in total. The molecule has 0 aliphatic rings. The molecule has 0 fully saturated rings. The topological polar surface area (TPSA) is 47.7 Å². The van der Waals surface area contributed by atoms with Crippen molar-refractivity contribution in [1.82, 2.24) is 24.9 Å². The molecule has 0 saturated carbocycles. The Hall–Kier alpha value is -1.33. The summed E-state index contributed by atoms with van der Waals surface area (Å²) in [4.78, 5) is 0. The SMILES string of the molecule is CCCn1nccc1CNCc1cn(C)nc1C.Cl. The molecule has 19 heavy (non-hydrogen) atoms. The van der Waals surface area contributed by atoms with E-state index >= 15 is 0 Å². The van der Waals surface area contributed by atoms with Crippen molar-refractivity contribution in [3.63, 3.8) is 0 Å². The van der Waals surface area contributed by atoms with Gasteiger partial charge in [0.15, 0.2) is 0 Å². The highest BCUT2D eigenvalue weighted by Gasteiger charge is 2.04. The van der Waals surface area contributed by atoms with Crippen LogP contribution in [0.4, 0.5) is 0 Å². The number of nitrogens with one attached hydrogen (secondary N) is 1. The zero-order chi connectivity index (χ0) is 13.0. The first kappa shape index (κ1) is 15.7. The van der Waals surface area contributed by atoms with Gasteiger partial charge in [0.1, 0.15) is 0 Å². The fraction of sp³-hybridized carbons (Fsp3) is 0.538. The number of hydrogen-bond donors (Lipinski definition) is 1. The van der Waals surface area contributed by atoms with Gasteiger partial charge in [-0.25, -0.2) is 0 Å². The van der Waals surface area contributed by atoms with Gasteiger partial charge in [-0.05, 0) is 19.4 Å². The second-order valence-corrected chi connectivity index (χ2v) is 4.56. The molecule has 6 heteroatoms. The first-order valence-corrected chi connectivity index (χ1v) is 6.41. The van der Waals surface area contributed by atoms with E-state index in [9.17, 15) is 0 Å². The molecule has 0 spiro atoms. The fourth-order valence-corrected chi connectivity index (χ4v) is 2.07. The van der Waals surface area contributed by atoms with Gasteiger partial charge in [-0.2, -0.15) is 10.2 Å². The molecule has 2 rings (SSSR count). The van der Waals surface area contributed by atoms with E-state index in [0.717, 1.165) is 31.7 Å². The van der Waals surface area contributed by atoms with Gasteiger partial charge < -0.3 is 5.32 Å². The lowest BCUT2D eigenvalue weighted by Gasteiger charge is -2.07. The summed E-state index contributed by atoms with van der Waals surface area (Å²) >= 11 is 0. The van der Waals surface area contributed by atoms with Crippen LogP contribution < -0.4 is 5.32 Å². The monoisotopic (exact) mass is 283 g/mol. The molecule has 2 aromatic heterocycles. The Balaban J connectivity index is 0.00000180. The van der Waals surface area contributed by atoms with Crippen LogP contribution >= 0.6 is 12.4 Å². The Morgan fingerprint density at radius 3 is 2.74 bits per heavy atom. The molecule has 2 aromatic rings. The number of aryl methyl sites for hydroxylation is 3. The number of aromatic nitrogens is 4. The Morgan fingerprint density at radius 1 is 1.32 bits per heavy atom. The van der Waals surface area contributed by atoms with Crippen LogP contribution in [0.5, 0.6) is 0 Å². The lowest BCUT2D eigenvalue weighted by molar-refractivity contribution is 0.549. The normalized spacial score (nSPS) is 10.5. The minimum Gasteiger partial charge on any atom is -0.307 e. The van der Waals surface area contributed by atoms with Crippen molar-refractivity contribution in [2.75, 3.05) is 0 Å². The Labute approximate surface area is 120 Å². The predicted octanol–water partition coefficient (Wildman–Crippen LogP) is 2.05. The van der Waals surface area contributed by atoms with Gasteiger partial charge in [0.25, 0.3) is 0 Å². The van der Waals surface area contributed by atoms with Gasteiger partial charge in [-0.15, -0.1) is 12.4 Å². The fourth-order valence-electron chi connectivity index (χ4n) is 2.07. The summed E-state index contributed by atoms with van der Waals surface area (Å²) in [5, 5.41) is 12.1. The summed E-state index contributed by atoms with van der Waals surface area (Å²) < 4.78 is 3.91. The minimum atomic E-state index is 0. The quantitative estimate of drug-likeness (QED) is 0.883. The van der Waals surface area contributed by atoms with Crippen molar-refractivity contribution < 1.29 is 0 Å². The summed E-state index contributed by atoms with van der Waals surface area (Å²) in [6.45, 7) is 6.87. The summed E-state index contributed by atoms with van der Waals surface area (Å²) in [6.07, 6.45) is 5.03. The predicted molar refractivity (Wildman–Crippen MR) is 78.3 cm³/mol. The van der Waals surface area contributed by atoms with Gasteiger partial charge in [0.2, 0.25) is 0 Å². The van der Waals surface area contributed by atoms with Crippen molar-refractivity contribution in [2.24, 2.45) is 7.05 Å². The average Bonchev–Trinajstić information content (AvgIpc) is 2.88. The van der Waals surface area contributed by atoms with Crippen LogP contribution in [0.2, 0.25) is 0 Å². The van der Waals surface area contributed by atoms with E-state index in [-0.39, 0.29) is 12.4 Å². The molecular formula is C13H22ClN5. The van der Waals surface area contributed by atoms with Crippen molar-refractivity contribution in [3.05, 3.63) is 35.4 Å². The molecule has 0 saturated heterocycles. The van der Waals surface area contributed by atoms with E-state index in [1.165, 1.54) is 11.3 Å². The molecule has 2 heterocycles. The van der Waals surface area contributed by atoms with Crippen molar-refractivity contribution in [2.45, 2.75) is 39.9 Å². The summed E-state index contributed by atoms with van der Waals surface area (Å²) in [7, 11) is 1.95. The van der Waals surface area contributed by atoms with Crippen molar-refractivity contribution >= 4 is 12.4 Å². The van der Waals surface area contributed by atoms with Gasteiger partial charge in [0, 0.05) is 44.6 Å².